The Morgan fingerprint density at radius 2 is 1.84 bits per heavy atom. The number of methoxy groups -OCH3 is 1. The number of hydrogen-bond donors (Lipinski definition) is 0. The second kappa shape index (κ2) is 9.75. The predicted molar refractivity (Wildman–Crippen MR) is 121 cm³/mol. The van der Waals surface area contributed by atoms with Gasteiger partial charge in [-0.25, -0.2) is 0 Å². The van der Waals surface area contributed by atoms with E-state index in [4.69, 9.17) is 21.1 Å². The van der Waals surface area contributed by atoms with Crippen molar-refractivity contribution in [2.24, 2.45) is 0 Å². The van der Waals surface area contributed by atoms with Crippen molar-refractivity contribution < 1.29 is 19.2 Å². The molecule has 170 valence electrons. The Kier molecular flexibility index (Phi) is 6.81. The zero-order valence-electron chi connectivity index (χ0n) is 18.0. The molecular formula is C23H26ClN3O5. The Balaban J connectivity index is 1.53. The van der Waals surface area contributed by atoms with Gasteiger partial charge in [-0.1, -0.05) is 11.6 Å². The Morgan fingerprint density at radius 1 is 1.09 bits per heavy atom. The van der Waals surface area contributed by atoms with Crippen LogP contribution in [0.2, 0.25) is 5.02 Å². The van der Waals surface area contributed by atoms with E-state index in [1.165, 1.54) is 38.2 Å². The molecule has 4 rings (SSSR count). The van der Waals surface area contributed by atoms with Gasteiger partial charge < -0.3 is 19.3 Å². The quantitative estimate of drug-likeness (QED) is 0.438. The lowest BCUT2D eigenvalue weighted by atomic mass is 10.1. The van der Waals surface area contributed by atoms with Crippen molar-refractivity contribution in [3.63, 3.8) is 0 Å². The van der Waals surface area contributed by atoms with Crippen LogP contribution in [0.3, 0.4) is 0 Å². The van der Waals surface area contributed by atoms with Crippen LogP contribution >= 0.6 is 11.6 Å². The summed E-state index contributed by atoms with van der Waals surface area (Å²) in [6, 6.07) is 9.32. The maximum Gasteiger partial charge on any atom is 0.313 e. The van der Waals surface area contributed by atoms with Gasteiger partial charge in [0.25, 0.3) is 5.91 Å². The highest BCUT2D eigenvalue weighted by Crippen LogP contribution is 2.38. The normalized spacial score (nSPS) is 18.7. The number of halogens is 1. The fourth-order valence-electron chi connectivity index (χ4n) is 4.44. The van der Waals surface area contributed by atoms with Crippen LogP contribution in [0.1, 0.15) is 36.0 Å². The minimum atomic E-state index is -0.556. The number of benzene rings is 2. The summed E-state index contributed by atoms with van der Waals surface area (Å²) in [5.74, 6) is 0.621. The molecule has 0 N–H and O–H groups in total. The molecular weight excluding hydrogens is 434 g/mol. The lowest BCUT2D eigenvalue weighted by Gasteiger charge is -2.28. The zero-order chi connectivity index (χ0) is 22.7. The molecule has 1 unspecified atom stereocenters. The van der Waals surface area contributed by atoms with Crippen LogP contribution in [0.25, 0.3) is 0 Å². The largest absolute Gasteiger partial charge is 0.493 e. The van der Waals surface area contributed by atoms with Crippen LogP contribution in [-0.2, 0) is 0 Å². The number of carbonyl (C=O) groups is 1. The maximum absolute atomic E-state index is 13.3. The van der Waals surface area contributed by atoms with Gasteiger partial charge in [-0.05, 0) is 69.1 Å². The van der Waals surface area contributed by atoms with Crippen molar-refractivity contribution in [3.8, 4) is 17.2 Å². The SMILES string of the molecule is COc1cc(C(=O)N2CCCC2CN2CCCC2)ccc1Oc1ccc(Cl)cc1[N+](=O)[O-]. The molecule has 0 saturated carbocycles. The molecule has 2 heterocycles. The van der Waals surface area contributed by atoms with Gasteiger partial charge in [0.05, 0.1) is 12.0 Å². The van der Waals surface area contributed by atoms with Crippen LogP contribution < -0.4 is 9.47 Å². The van der Waals surface area contributed by atoms with Gasteiger partial charge in [0.2, 0.25) is 5.75 Å². The highest BCUT2D eigenvalue weighted by atomic mass is 35.5. The number of ether oxygens (including phenoxy) is 2. The molecule has 8 nitrogen and oxygen atoms in total. The molecule has 2 aliphatic rings. The van der Waals surface area contributed by atoms with Gasteiger partial charge >= 0.3 is 5.69 Å². The van der Waals surface area contributed by atoms with Gasteiger partial charge in [-0.2, -0.15) is 0 Å². The van der Waals surface area contributed by atoms with Gasteiger partial charge in [0, 0.05) is 35.8 Å². The maximum atomic E-state index is 13.3. The Morgan fingerprint density at radius 3 is 2.56 bits per heavy atom. The summed E-state index contributed by atoms with van der Waals surface area (Å²) in [6.45, 7) is 3.88. The molecule has 32 heavy (non-hydrogen) atoms. The van der Waals surface area contributed by atoms with Crippen LogP contribution in [0.5, 0.6) is 17.2 Å². The average molecular weight is 460 g/mol. The third kappa shape index (κ3) is 4.81. The smallest absolute Gasteiger partial charge is 0.313 e. The Bertz CT molecular complexity index is 1010. The zero-order valence-corrected chi connectivity index (χ0v) is 18.7. The van der Waals surface area contributed by atoms with Crippen LogP contribution in [0, 0.1) is 10.1 Å². The monoisotopic (exact) mass is 459 g/mol. The van der Waals surface area contributed by atoms with E-state index in [0.29, 0.717) is 11.3 Å². The Hall–Kier alpha value is -2.84. The van der Waals surface area contributed by atoms with Crippen molar-refractivity contribution in [2.75, 3.05) is 33.3 Å². The summed E-state index contributed by atoms with van der Waals surface area (Å²) in [7, 11) is 1.47. The van der Waals surface area contributed by atoms with Crippen molar-refractivity contribution in [3.05, 3.63) is 57.1 Å². The summed E-state index contributed by atoms with van der Waals surface area (Å²) in [6.07, 6.45) is 4.47. The van der Waals surface area contributed by atoms with Crippen molar-refractivity contribution >= 4 is 23.2 Å². The summed E-state index contributed by atoms with van der Waals surface area (Å²) in [4.78, 5) is 28.4. The van der Waals surface area contributed by atoms with E-state index in [0.717, 1.165) is 39.0 Å². The average Bonchev–Trinajstić information content (AvgIpc) is 3.47. The lowest BCUT2D eigenvalue weighted by Crippen LogP contribution is -2.42. The predicted octanol–water partition coefficient (Wildman–Crippen LogP) is 4.75. The standard InChI is InChI=1S/C23H26ClN3O5/c1-31-22-13-16(23(28)26-12-4-5-18(26)15-25-10-2-3-11-25)6-8-21(22)32-20-9-7-17(24)14-19(20)27(29)30/h6-9,13-14,18H,2-5,10-12,15H2,1H3. The van der Waals surface area contributed by atoms with Gasteiger partial charge in [-0.3, -0.25) is 14.9 Å². The van der Waals surface area contributed by atoms with Crippen LogP contribution in [0.15, 0.2) is 36.4 Å². The number of likely N-dealkylation sites (tertiary alicyclic amines) is 2. The van der Waals surface area contributed by atoms with Gasteiger partial charge in [-0.15, -0.1) is 0 Å². The van der Waals surface area contributed by atoms with Crippen LogP contribution in [-0.4, -0.2) is 60.0 Å². The highest BCUT2D eigenvalue weighted by Gasteiger charge is 2.32. The number of hydrogen-bond acceptors (Lipinski definition) is 6. The van der Waals surface area contributed by atoms with Crippen molar-refractivity contribution in [1.29, 1.82) is 0 Å². The molecule has 2 fully saturated rings. The summed E-state index contributed by atoms with van der Waals surface area (Å²) < 4.78 is 11.2. The number of nitro benzene ring substituents is 1. The topological polar surface area (TPSA) is 85.2 Å². The number of carbonyl (C=O) groups excluding carboxylic acids is 1. The molecule has 0 aliphatic carbocycles. The molecule has 1 atom stereocenters. The molecule has 2 aliphatic heterocycles. The van der Waals surface area contributed by atoms with Gasteiger partial charge in [0.15, 0.2) is 11.5 Å². The molecule has 2 saturated heterocycles. The minimum Gasteiger partial charge on any atom is -0.493 e. The lowest BCUT2D eigenvalue weighted by molar-refractivity contribution is -0.385. The van der Waals surface area contributed by atoms with E-state index in [1.807, 2.05) is 4.90 Å². The van der Waals surface area contributed by atoms with E-state index in [1.54, 1.807) is 18.2 Å². The molecule has 2 aromatic carbocycles. The highest BCUT2D eigenvalue weighted by molar-refractivity contribution is 6.30. The fraction of sp³-hybridized carbons (Fsp3) is 0.435. The third-order valence-corrected chi connectivity index (χ3v) is 6.29. The molecule has 0 radical (unpaired) electrons. The third-order valence-electron chi connectivity index (χ3n) is 6.05. The Labute approximate surface area is 191 Å². The molecule has 2 aromatic rings. The molecule has 0 spiro atoms. The second-order valence-electron chi connectivity index (χ2n) is 8.14. The summed E-state index contributed by atoms with van der Waals surface area (Å²) in [5.41, 5.74) is 0.259. The number of rotatable bonds is 7. The summed E-state index contributed by atoms with van der Waals surface area (Å²) >= 11 is 5.88. The van der Waals surface area contributed by atoms with Crippen molar-refractivity contribution in [1.82, 2.24) is 9.80 Å². The first-order valence-electron chi connectivity index (χ1n) is 10.8. The molecule has 1 amide bonds. The fourth-order valence-corrected chi connectivity index (χ4v) is 4.61. The number of amides is 1. The molecule has 0 aromatic heterocycles. The van der Waals surface area contributed by atoms with Gasteiger partial charge in [0.1, 0.15) is 0 Å². The van der Waals surface area contributed by atoms with E-state index in [-0.39, 0.29) is 34.2 Å². The molecule has 0 bridgehead atoms. The first-order valence-corrected chi connectivity index (χ1v) is 11.2. The van der Waals surface area contributed by atoms with E-state index in [2.05, 4.69) is 4.90 Å². The van der Waals surface area contributed by atoms with E-state index >= 15 is 0 Å². The summed E-state index contributed by atoms with van der Waals surface area (Å²) in [5, 5.41) is 11.6. The van der Waals surface area contributed by atoms with E-state index in [9.17, 15) is 14.9 Å². The van der Waals surface area contributed by atoms with Crippen molar-refractivity contribution in [2.45, 2.75) is 31.7 Å². The van der Waals surface area contributed by atoms with Crippen LogP contribution in [0.4, 0.5) is 5.69 Å². The minimum absolute atomic E-state index is 0.0333. The van der Waals surface area contributed by atoms with E-state index < -0.39 is 4.92 Å². The second-order valence-corrected chi connectivity index (χ2v) is 8.58. The first-order chi connectivity index (χ1) is 15.5. The number of nitrogens with zero attached hydrogens (tertiary/aromatic N) is 3. The first kappa shape index (κ1) is 22.4. The number of nitro groups is 1. The molecule has 9 heteroatoms.